The molecule has 164 valence electrons. The van der Waals surface area contributed by atoms with Crippen molar-refractivity contribution in [2.45, 2.75) is 58.0 Å². The second-order valence-corrected chi connectivity index (χ2v) is 8.57. The Kier molecular flexibility index (Phi) is 9.20. The van der Waals surface area contributed by atoms with Gasteiger partial charge >= 0.3 is 0 Å². The molecular formula is C23H33IN4O2. The number of halogens is 1. The normalized spacial score (nSPS) is 16.2. The predicted molar refractivity (Wildman–Crippen MR) is 131 cm³/mol. The zero-order chi connectivity index (χ0) is 20.7. The van der Waals surface area contributed by atoms with Gasteiger partial charge in [0, 0.05) is 24.5 Å². The summed E-state index contributed by atoms with van der Waals surface area (Å²) in [5.41, 5.74) is 2.55. The smallest absolute Gasteiger partial charge is 0.242 e. The number of nitrogens with zero attached hydrogens (tertiary/aromatic N) is 1. The third-order valence-corrected chi connectivity index (χ3v) is 4.83. The molecule has 0 saturated heterocycles. The van der Waals surface area contributed by atoms with Crippen LogP contribution in [0, 0.1) is 0 Å². The molecule has 0 saturated carbocycles. The summed E-state index contributed by atoms with van der Waals surface area (Å²) in [5, 5.41) is 9.82. The Balaban J connectivity index is 0.00000320. The molecule has 1 aromatic carbocycles. The highest BCUT2D eigenvalue weighted by Gasteiger charge is 2.19. The van der Waals surface area contributed by atoms with E-state index in [0.29, 0.717) is 18.5 Å². The van der Waals surface area contributed by atoms with Gasteiger partial charge in [-0.05, 0) is 63.3 Å². The van der Waals surface area contributed by atoms with E-state index in [1.165, 1.54) is 11.1 Å². The Hall–Kier alpha value is -2.03. The van der Waals surface area contributed by atoms with Crippen molar-refractivity contribution in [3.63, 3.8) is 0 Å². The number of carbonyl (C=O) groups is 1. The van der Waals surface area contributed by atoms with Crippen molar-refractivity contribution in [2.75, 3.05) is 13.1 Å². The fourth-order valence-corrected chi connectivity index (χ4v) is 3.53. The Morgan fingerprint density at radius 3 is 2.63 bits per heavy atom. The Bertz CT molecular complexity index is 828. The van der Waals surface area contributed by atoms with E-state index in [1.54, 1.807) is 6.26 Å². The number of carbonyl (C=O) groups excluding carboxylic acids is 1. The molecule has 0 radical (unpaired) electrons. The van der Waals surface area contributed by atoms with Crippen LogP contribution >= 0.6 is 24.0 Å². The van der Waals surface area contributed by atoms with Crippen LogP contribution in [0.4, 0.5) is 0 Å². The molecule has 0 aliphatic heterocycles. The van der Waals surface area contributed by atoms with E-state index in [2.05, 4.69) is 45.2 Å². The highest BCUT2D eigenvalue weighted by atomic mass is 127. The number of fused-ring (bicyclic) bond motifs is 1. The SMILES string of the molecule is CC(C)(C)NC(=O)CN=C(NCCc1ccco1)NC1CCc2ccccc2C1.I. The van der Waals surface area contributed by atoms with Crippen molar-refractivity contribution >= 4 is 35.8 Å². The number of amides is 1. The van der Waals surface area contributed by atoms with Crippen molar-refractivity contribution < 1.29 is 9.21 Å². The van der Waals surface area contributed by atoms with Crippen molar-refractivity contribution in [2.24, 2.45) is 4.99 Å². The zero-order valence-electron chi connectivity index (χ0n) is 18.0. The van der Waals surface area contributed by atoms with Crippen LogP contribution in [-0.2, 0) is 24.1 Å². The van der Waals surface area contributed by atoms with Crippen LogP contribution < -0.4 is 16.0 Å². The minimum Gasteiger partial charge on any atom is -0.469 e. The summed E-state index contributed by atoms with van der Waals surface area (Å²) in [6, 6.07) is 12.7. The number of hydrogen-bond donors (Lipinski definition) is 3. The summed E-state index contributed by atoms with van der Waals surface area (Å²) in [4.78, 5) is 16.7. The lowest BCUT2D eigenvalue weighted by atomic mass is 9.88. The first-order valence-electron chi connectivity index (χ1n) is 10.3. The minimum absolute atomic E-state index is 0. The molecule has 0 fully saturated rings. The van der Waals surface area contributed by atoms with Gasteiger partial charge in [-0.1, -0.05) is 24.3 Å². The second-order valence-electron chi connectivity index (χ2n) is 8.57. The van der Waals surface area contributed by atoms with Gasteiger partial charge in [0.05, 0.1) is 6.26 Å². The molecule has 30 heavy (non-hydrogen) atoms. The number of hydrogen-bond acceptors (Lipinski definition) is 3. The number of rotatable bonds is 6. The Morgan fingerprint density at radius 1 is 1.17 bits per heavy atom. The third-order valence-electron chi connectivity index (χ3n) is 4.83. The number of furan rings is 1. The largest absolute Gasteiger partial charge is 0.469 e. The molecule has 3 N–H and O–H groups in total. The third kappa shape index (κ3) is 8.01. The van der Waals surface area contributed by atoms with Crippen LogP contribution in [0.3, 0.4) is 0 Å². The number of nitrogens with one attached hydrogen (secondary N) is 3. The molecule has 6 nitrogen and oxygen atoms in total. The lowest BCUT2D eigenvalue weighted by molar-refractivity contribution is -0.121. The van der Waals surface area contributed by atoms with Crippen LogP contribution in [0.1, 0.15) is 44.1 Å². The molecule has 1 unspecified atom stereocenters. The first-order chi connectivity index (χ1) is 13.9. The van der Waals surface area contributed by atoms with Crippen LogP contribution in [0.15, 0.2) is 52.1 Å². The average Bonchev–Trinajstić information content (AvgIpc) is 3.18. The molecule has 0 bridgehead atoms. The summed E-state index contributed by atoms with van der Waals surface area (Å²) in [7, 11) is 0. The van der Waals surface area contributed by atoms with Gasteiger partial charge in [0.15, 0.2) is 5.96 Å². The second kappa shape index (κ2) is 11.4. The molecular weight excluding hydrogens is 491 g/mol. The fourth-order valence-electron chi connectivity index (χ4n) is 3.53. The Labute approximate surface area is 196 Å². The van der Waals surface area contributed by atoms with E-state index in [4.69, 9.17) is 4.42 Å². The first kappa shape index (κ1) is 24.2. The molecule has 3 rings (SSSR count). The van der Waals surface area contributed by atoms with Gasteiger partial charge < -0.3 is 20.4 Å². The fraction of sp³-hybridized carbons (Fsp3) is 0.478. The highest BCUT2D eigenvalue weighted by Crippen LogP contribution is 2.20. The van der Waals surface area contributed by atoms with Crippen LogP contribution in [0.2, 0.25) is 0 Å². The quantitative estimate of drug-likeness (QED) is 0.308. The number of aryl methyl sites for hydroxylation is 1. The van der Waals surface area contributed by atoms with Gasteiger partial charge in [-0.15, -0.1) is 24.0 Å². The minimum atomic E-state index is -0.264. The van der Waals surface area contributed by atoms with Gasteiger partial charge in [-0.2, -0.15) is 0 Å². The van der Waals surface area contributed by atoms with Gasteiger partial charge in [0.25, 0.3) is 0 Å². The number of benzene rings is 1. The summed E-state index contributed by atoms with van der Waals surface area (Å²) in [5.74, 6) is 1.51. The monoisotopic (exact) mass is 524 g/mol. The predicted octanol–water partition coefficient (Wildman–Crippen LogP) is 3.45. The lowest BCUT2D eigenvalue weighted by Gasteiger charge is -2.27. The molecule has 1 atom stereocenters. The molecule has 0 spiro atoms. The lowest BCUT2D eigenvalue weighted by Crippen LogP contribution is -2.47. The van der Waals surface area contributed by atoms with E-state index in [0.717, 1.165) is 31.4 Å². The van der Waals surface area contributed by atoms with E-state index in [-0.39, 0.29) is 42.0 Å². The standard InChI is InChI=1S/C23H32N4O2.HI/c1-23(2,3)27-21(28)16-25-22(24-13-12-20-9-6-14-29-20)26-19-11-10-17-7-4-5-8-18(17)15-19;/h4-9,14,19H,10-13,15-16H2,1-3H3,(H,27,28)(H2,24,25,26);1H. The van der Waals surface area contributed by atoms with E-state index < -0.39 is 0 Å². The summed E-state index contributed by atoms with van der Waals surface area (Å²) in [6.07, 6.45) is 5.50. The molecule has 2 aromatic rings. The zero-order valence-corrected chi connectivity index (χ0v) is 20.4. The number of aliphatic imine (C=N–C) groups is 1. The Morgan fingerprint density at radius 2 is 1.93 bits per heavy atom. The summed E-state index contributed by atoms with van der Waals surface area (Å²) in [6.45, 7) is 6.68. The van der Waals surface area contributed by atoms with Crippen LogP contribution in [-0.4, -0.2) is 36.5 Å². The van der Waals surface area contributed by atoms with Crippen molar-refractivity contribution in [1.82, 2.24) is 16.0 Å². The molecule has 1 amide bonds. The highest BCUT2D eigenvalue weighted by molar-refractivity contribution is 14.0. The van der Waals surface area contributed by atoms with Crippen molar-refractivity contribution in [3.8, 4) is 0 Å². The first-order valence-corrected chi connectivity index (χ1v) is 10.3. The molecule has 1 aromatic heterocycles. The topological polar surface area (TPSA) is 78.7 Å². The summed E-state index contributed by atoms with van der Waals surface area (Å²) >= 11 is 0. The van der Waals surface area contributed by atoms with E-state index in [1.807, 2.05) is 32.9 Å². The van der Waals surface area contributed by atoms with Crippen molar-refractivity contribution in [3.05, 3.63) is 59.5 Å². The van der Waals surface area contributed by atoms with E-state index in [9.17, 15) is 4.79 Å². The average molecular weight is 524 g/mol. The summed E-state index contributed by atoms with van der Waals surface area (Å²) < 4.78 is 5.39. The maximum Gasteiger partial charge on any atom is 0.242 e. The van der Waals surface area contributed by atoms with Gasteiger partial charge in [-0.3, -0.25) is 4.79 Å². The molecule has 1 aliphatic carbocycles. The van der Waals surface area contributed by atoms with Crippen molar-refractivity contribution in [1.29, 1.82) is 0 Å². The van der Waals surface area contributed by atoms with E-state index >= 15 is 0 Å². The molecule has 7 heteroatoms. The van der Waals surface area contributed by atoms with Gasteiger partial charge in [0.2, 0.25) is 5.91 Å². The van der Waals surface area contributed by atoms with Gasteiger partial charge in [0.1, 0.15) is 12.3 Å². The van der Waals surface area contributed by atoms with Gasteiger partial charge in [-0.25, -0.2) is 4.99 Å². The number of guanidine groups is 1. The molecule has 1 aliphatic rings. The molecule has 1 heterocycles. The van der Waals surface area contributed by atoms with Crippen LogP contribution in [0.25, 0.3) is 0 Å². The van der Waals surface area contributed by atoms with Crippen LogP contribution in [0.5, 0.6) is 0 Å². The maximum absolute atomic E-state index is 12.2. The maximum atomic E-state index is 12.2.